The molecule has 2 aromatic rings. The fraction of sp³-hybridized carbons (Fsp3) is 0.278. The van der Waals surface area contributed by atoms with E-state index >= 15 is 0 Å². The molecule has 2 rings (SSSR count). The minimum absolute atomic E-state index is 0.0396. The van der Waals surface area contributed by atoms with Crippen molar-refractivity contribution in [2.24, 2.45) is 0 Å². The molecule has 0 unspecified atom stereocenters. The first-order valence-corrected chi connectivity index (χ1v) is 10.3. The smallest absolute Gasteiger partial charge is 0.403 e. The fourth-order valence-electron chi connectivity index (χ4n) is 2.23. The maximum absolute atomic E-state index is 12.7. The van der Waals surface area contributed by atoms with Gasteiger partial charge in [-0.15, -0.1) is 0 Å². The quantitative estimate of drug-likeness (QED) is 0.486. The van der Waals surface area contributed by atoms with Gasteiger partial charge in [0.25, 0.3) is 5.91 Å². The average molecular weight is 452 g/mol. The predicted octanol–water partition coefficient (Wildman–Crippen LogP) is 6.17. The summed E-state index contributed by atoms with van der Waals surface area (Å²) in [5.74, 6) is -0.856. The average Bonchev–Trinajstić information content (AvgIpc) is 2.63. The van der Waals surface area contributed by atoms with E-state index in [4.69, 9.17) is 25.2 Å². The summed E-state index contributed by atoms with van der Waals surface area (Å²) in [4.78, 5) is 12.6. The van der Waals surface area contributed by atoms with Crippen LogP contribution in [0.2, 0.25) is 5.02 Å². The molecule has 11 heteroatoms. The maximum atomic E-state index is 12.7. The van der Waals surface area contributed by atoms with Crippen molar-refractivity contribution in [1.29, 1.82) is 0 Å². The van der Waals surface area contributed by atoms with Crippen LogP contribution in [0.1, 0.15) is 29.8 Å². The number of phosphoric ester groups is 1. The largest absolute Gasteiger partial charge is 0.530 e. The van der Waals surface area contributed by atoms with Gasteiger partial charge in [-0.1, -0.05) is 11.6 Å². The van der Waals surface area contributed by atoms with E-state index in [2.05, 4.69) is 5.32 Å². The topological polar surface area (TPSA) is 73.9 Å². The molecular formula is C18H18ClF3NO5P. The number of carbonyl (C=O) groups is 1. The highest BCUT2D eigenvalue weighted by molar-refractivity contribution is 7.48. The van der Waals surface area contributed by atoms with Crippen LogP contribution in [0.3, 0.4) is 0 Å². The van der Waals surface area contributed by atoms with E-state index in [1.54, 1.807) is 13.8 Å². The number of halogens is 4. The first-order chi connectivity index (χ1) is 13.6. The summed E-state index contributed by atoms with van der Waals surface area (Å²) in [5, 5.41) is 2.63. The van der Waals surface area contributed by atoms with Crippen LogP contribution in [-0.2, 0) is 19.8 Å². The van der Waals surface area contributed by atoms with E-state index in [0.29, 0.717) is 0 Å². The van der Waals surface area contributed by atoms with Gasteiger partial charge in [0.15, 0.2) is 0 Å². The Kier molecular flexibility index (Phi) is 7.71. The summed E-state index contributed by atoms with van der Waals surface area (Å²) < 4.78 is 66.0. The van der Waals surface area contributed by atoms with E-state index in [0.717, 1.165) is 24.3 Å². The highest BCUT2D eigenvalue weighted by Crippen LogP contribution is 2.50. The highest BCUT2D eigenvalue weighted by atomic mass is 35.5. The van der Waals surface area contributed by atoms with Crippen LogP contribution >= 0.6 is 19.4 Å². The van der Waals surface area contributed by atoms with Crippen molar-refractivity contribution in [3.05, 3.63) is 58.6 Å². The van der Waals surface area contributed by atoms with Gasteiger partial charge in [0.2, 0.25) is 0 Å². The van der Waals surface area contributed by atoms with Crippen molar-refractivity contribution in [2.45, 2.75) is 20.0 Å². The zero-order chi connectivity index (χ0) is 21.7. The zero-order valence-electron chi connectivity index (χ0n) is 15.5. The van der Waals surface area contributed by atoms with Gasteiger partial charge in [-0.25, -0.2) is 4.57 Å². The lowest BCUT2D eigenvalue weighted by atomic mass is 10.1. The van der Waals surface area contributed by atoms with Crippen molar-refractivity contribution >= 4 is 31.0 Å². The number of nitrogens with one attached hydrogen (secondary N) is 1. The molecule has 29 heavy (non-hydrogen) atoms. The van der Waals surface area contributed by atoms with Gasteiger partial charge in [-0.05, 0) is 56.3 Å². The Bertz CT molecular complexity index is 895. The van der Waals surface area contributed by atoms with Crippen molar-refractivity contribution in [3.8, 4) is 5.75 Å². The van der Waals surface area contributed by atoms with Crippen LogP contribution in [0.15, 0.2) is 42.5 Å². The Hall–Kier alpha value is -2.06. The van der Waals surface area contributed by atoms with E-state index in [9.17, 15) is 22.5 Å². The molecule has 0 aromatic heterocycles. The first-order valence-electron chi connectivity index (χ1n) is 8.45. The molecule has 0 aliphatic heterocycles. The van der Waals surface area contributed by atoms with Gasteiger partial charge in [-0.3, -0.25) is 13.8 Å². The molecule has 6 nitrogen and oxygen atoms in total. The molecule has 2 aromatic carbocycles. The molecule has 0 saturated heterocycles. The summed E-state index contributed by atoms with van der Waals surface area (Å²) >= 11 is 5.94. The SMILES string of the molecule is CCOP(=O)(OCC)Oc1ccc(Cl)cc1C(=O)Nc1ccc(C(F)(F)F)cc1. The van der Waals surface area contributed by atoms with Gasteiger partial charge >= 0.3 is 14.0 Å². The summed E-state index contributed by atoms with van der Waals surface area (Å²) in [6.45, 7) is 3.26. The number of anilines is 1. The number of benzene rings is 2. The standard InChI is InChI=1S/C18H18ClF3NO5P/c1-3-26-29(25,27-4-2)28-16-10-7-13(19)11-15(16)17(24)23-14-8-5-12(6-9-14)18(20,21)22/h5-11H,3-4H2,1-2H3,(H,23,24). The van der Waals surface area contributed by atoms with Crippen LogP contribution in [0.5, 0.6) is 5.75 Å². The van der Waals surface area contributed by atoms with Crippen molar-refractivity contribution in [1.82, 2.24) is 0 Å². The van der Waals surface area contributed by atoms with Crippen LogP contribution < -0.4 is 9.84 Å². The highest BCUT2D eigenvalue weighted by Gasteiger charge is 2.31. The Balaban J connectivity index is 2.28. The second-order valence-electron chi connectivity index (χ2n) is 5.54. The summed E-state index contributed by atoms with van der Waals surface area (Å²) in [5.41, 5.74) is -0.833. The number of phosphoric acid groups is 1. The van der Waals surface area contributed by atoms with Crippen molar-refractivity contribution in [3.63, 3.8) is 0 Å². The number of rotatable bonds is 8. The van der Waals surface area contributed by atoms with E-state index in [1.165, 1.54) is 18.2 Å². The lowest BCUT2D eigenvalue weighted by Gasteiger charge is -2.19. The van der Waals surface area contributed by atoms with Crippen molar-refractivity contribution in [2.75, 3.05) is 18.5 Å². The molecular weight excluding hydrogens is 434 g/mol. The number of amides is 1. The number of hydrogen-bond donors (Lipinski definition) is 1. The first kappa shape index (κ1) is 23.2. The van der Waals surface area contributed by atoms with E-state index < -0.39 is 25.5 Å². The molecule has 1 amide bonds. The Morgan fingerprint density at radius 1 is 1.07 bits per heavy atom. The van der Waals surface area contributed by atoms with Gasteiger partial charge in [0.1, 0.15) is 5.75 Å². The van der Waals surface area contributed by atoms with Gasteiger partial charge in [-0.2, -0.15) is 13.2 Å². The van der Waals surface area contributed by atoms with Crippen LogP contribution in [0, 0.1) is 0 Å². The lowest BCUT2D eigenvalue weighted by Crippen LogP contribution is -2.14. The van der Waals surface area contributed by atoms with Crippen LogP contribution in [0.4, 0.5) is 18.9 Å². The fourth-order valence-corrected chi connectivity index (χ4v) is 3.61. The number of carbonyl (C=O) groups excluding carboxylic acids is 1. The lowest BCUT2D eigenvalue weighted by molar-refractivity contribution is -0.137. The third kappa shape index (κ3) is 6.47. The molecule has 0 fully saturated rings. The molecule has 1 N–H and O–H groups in total. The molecule has 158 valence electrons. The summed E-state index contributed by atoms with van der Waals surface area (Å²) in [7, 11) is -3.98. The normalized spacial score (nSPS) is 11.9. The molecule has 0 aliphatic carbocycles. The third-order valence-electron chi connectivity index (χ3n) is 3.44. The van der Waals surface area contributed by atoms with Gasteiger partial charge in [0.05, 0.1) is 24.3 Å². The molecule has 0 bridgehead atoms. The van der Waals surface area contributed by atoms with Gasteiger partial charge < -0.3 is 9.84 Å². The molecule has 0 heterocycles. The Morgan fingerprint density at radius 2 is 1.66 bits per heavy atom. The van der Waals surface area contributed by atoms with Crippen LogP contribution in [0.25, 0.3) is 0 Å². The molecule has 0 saturated carbocycles. The molecule has 0 aliphatic rings. The Morgan fingerprint density at radius 3 is 2.17 bits per heavy atom. The second kappa shape index (κ2) is 9.63. The third-order valence-corrected chi connectivity index (χ3v) is 5.25. The zero-order valence-corrected chi connectivity index (χ0v) is 17.1. The van der Waals surface area contributed by atoms with Crippen molar-refractivity contribution < 1.29 is 36.1 Å². The van der Waals surface area contributed by atoms with E-state index in [-0.39, 0.29) is 35.2 Å². The number of hydrogen-bond acceptors (Lipinski definition) is 5. The molecule has 0 spiro atoms. The monoisotopic (exact) mass is 451 g/mol. The van der Waals surface area contributed by atoms with Crippen LogP contribution in [-0.4, -0.2) is 19.1 Å². The molecule has 0 atom stereocenters. The Labute approximate surface area is 170 Å². The maximum Gasteiger partial charge on any atom is 0.530 e. The molecule has 0 radical (unpaired) electrons. The second-order valence-corrected chi connectivity index (χ2v) is 7.57. The predicted molar refractivity (Wildman–Crippen MR) is 102 cm³/mol. The van der Waals surface area contributed by atoms with E-state index in [1.807, 2.05) is 0 Å². The summed E-state index contributed by atoms with van der Waals surface area (Å²) in [6.07, 6.45) is -4.49. The minimum Gasteiger partial charge on any atom is -0.403 e. The number of alkyl halides is 3. The summed E-state index contributed by atoms with van der Waals surface area (Å²) in [6, 6.07) is 7.88. The van der Waals surface area contributed by atoms with Gasteiger partial charge in [0, 0.05) is 10.7 Å². The minimum atomic E-state index is -4.49.